The topological polar surface area (TPSA) is 171 Å². The molecule has 0 radical (unpaired) electrons. The Morgan fingerprint density at radius 2 is 2.04 bits per heavy atom. The molecule has 24 heavy (non-hydrogen) atoms. The van der Waals surface area contributed by atoms with Crippen molar-refractivity contribution < 1.29 is 4.92 Å². The average Bonchev–Trinajstić information content (AvgIpc) is 2.53. The first kappa shape index (κ1) is 15.0. The molecule has 2 heterocycles. The van der Waals surface area contributed by atoms with Gasteiger partial charge in [-0.2, -0.15) is 5.26 Å². The van der Waals surface area contributed by atoms with E-state index >= 15 is 0 Å². The Kier molecular flexibility index (Phi) is 3.38. The lowest BCUT2D eigenvalue weighted by Crippen LogP contribution is -2.34. The standard InChI is InChI=1S/C14H10N6O4/c15-5-8-9(6-2-1-3-7(4-6)20(23)24)10-12(17-11(8)16)18-14(22)19-13(10)21/h1-4,9H,16H2,(H3,17,18,19,21,22). The lowest BCUT2D eigenvalue weighted by molar-refractivity contribution is -0.384. The quantitative estimate of drug-likeness (QED) is 0.451. The minimum absolute atomic E-state index is 0.0283. The van der Waals surface area contributed by atoms with Crippen LogP contribution in [0.15, 0.2) is 45.2 Å². The Bertz CT molecular complexity index is 1040. The number of aromatic amines is 2. The van der Waals surface area contributed by atoms with Crippen LogP contribution in [0.4, 0.5) is 11.5 Å². The summed E-state index contributed by atoms with van der Waals surface area (Å²) >= 11 is 0. The fourth-order valence-electron chi connectivity index (χ4n) is 2.65. The molecule has 1 aromatic heterocycles. The molecule has 10 heteroatoms. The maximum atomic E-state index is 12.2. The molecule has 1 unspecified atom stereocenters. The summed E-state index contributed by atoms with van der Waals surface area (Å²) in [5, 5.41) is 23.0. The zero-order chi connectivity index (χ0) is 17.4. The van der Waals surface area contributed by atoms with E-state index in [-0.39, 0.29) is 28.5 Å². The molecular weight excluding hydrogens is 316 g/mol. The van der Waals surface area contributed by atoms with Crippen molar-refractivity contribution in [2.45, 2.75) is 5.92 Å². The number of hydrogen-bond acceptors (Lipinski definition) is 7. The molecule has 0 saturated heterocycles. The third-order valence-electron chi connectivity index (χ3n) is 3.64. The summed E-state index contributed by atoms with van der Waals surface area (Å²) < 4.78 is 0. The number of anilines is 1. The van der Waals surface area contributed by atoms with Crippen LogP contribution in [0, 0.1) is 21.4 Å². The number of nitro benzene ring substituents is 1. The van der Waals surface area contributed by atoms with Gasteiger partial charge >= 0.3 is 5.69 Å². The van der Waals surface area contributed by atoms with Gasteiger partial charge < -0.3 is 11.1 Å². The number of nitrogens with zero attached hydrogens (tertiary/aromatic N) is 2. The third kappa shape index (κ3) is 2.30. The van der Waals surface area contributed by atoms with E-state index in [9.17, 15) is 25.0 Å². The summed E-state index contributed by atoms with van der Waals surface area (Å²) in [7, 11) is 0. The number of nitriles is 1. The second kappa shape index (κ2) is 5.40. The normalized spacial score (nSPS) is 16.0. The summed E-state index contributed by atoms with van der Waals surface area (Å²) in [6.45, 7) is 0. The minimum atomic E-state index is -0.938. The first-order chi connectivity index (χ1) is 11.4. The van der Waals surface area contributed by atoms with E-state index in [1.54, 1.807) is 6.07 Å². The minimum Gasteiger partial charge on any atom is -0.384 e. The van der Waals surface area contributed by atoms with Gasteiger partial charge in [0.05, 0.1) is 28.0 Å². The highest BCUT2D eigenvalue weighted by Crippen LogP contribution is 2.37. The lowest BCUT2D eigenvalue weighted by Gasteiger charge is -2.25. The van der Waals surface area contributed by atoms with Gasteiger partial charge in [0.15, 0.2) is 0 Å². The summed E-state index contributed by atoms with van der Waals surface area (Å²) in [6, 6.07) is 7.45. The molecule has 0 spiro atoms. The second-order valence-corrected chi connectivity index (χ2v) is 5.05. The SMILES string of the molecule is N#CC1=C(N)Nc2[nH]c(=O)[nH]c(=O)c2C1c1cccc([N+](=O)[O-])c1. The largest absolute Gasteiger partial charge is 0.384 e. The van der Waals surface area contributed by atoms with Crippen molar-refractivity contribution in [3.05, 3.63) is 77.7 Å². The maximum absolute atomic E-state index is 12.2. The zero-order valence-corrected chi connectivity index (χ0v) is 12.0. The van der Waals surface area contributed by atoms with Crippen LogP contribution in [0.25, 0.3) is 0 Å². The van der Waals surface area contributed by atoms with Gasteiger partial charge in [0.1, 0.15) is 11.6 Å². The Hall–Kier alpha value is -3.87. The highest BCUT2D eigenvalue weighted by molar-refractivity contribution is 5.64. The van der Waals surface area contributed by atoms with Gasteiger partial charge in [0, 0.05) is 12.1 Å². The van der Waals surface area contributed by atoms with E-state index in [1.165, 1.54) is 18.2 Å². The Morgan fingerprint density at radius 3 is 2.71 bits per heavy atom. The second-order valence-electron chi connectivity index (χ2n) is 5.05. The van der Waals surface area contributed by atoms with Crippen LogP contribution < -0.4 is 22.3 Å². The number of non-ortho nitro benzene ring substituents is 1. The monoisotopic (exact) mass is 326 g/mol. The number of aromatic nitrogens is 2. The molecular formula is C14H10N6O4. The molecule has 2 aromatic rings. The third-order valence-corrected chi connectivity index (χ3v) is 3.64. The van der Waals surface area contributed by atoms with Gasteiger partial charge in [-0.05, 0) is 5.56 Å². The van der Waals surface area contributed by atoms with Crippen molar-refractivity contribution in [3.63, 3.8) is 0 Å². The lowest BCUT2D eigenvalue weighted by atomic mass is 9.84. The molecule has 10 nitrogen and oxygen atoms in total. The first-order valence-electron chi connectivity index (χ1n) is 6.70. The number of hydrogen-bond donors (Lipinski definition) is 4. The van der Waals surface area contributed by atoms with E-state index in [1.807, 2.05) is 6.07 Å². The van der Waals surface area contributed by atoms with Gasteiger partial charge in [-0.15, -0.1) is 0 Å². The van der Waals surface area contributed by atoms with Crippen LogP contribution in [0.5, 0.6) is 0 Å². The molecule has 3 rings (SSSR count). The predicted molar refractivity (Wildman–Crippen MR) is 83.1 cm³/mol. The van der Waals surface area contributed by atoms with E-state index in [0.717, 1.165) is 0 Å². The van der Waals surface area contributed by atoms with Crippen molar-refractivity contribution in [2.24, 2.45) is 5.73 Å². The van der Waals surface area contributed by atoms with Crippen LogP contribution >= 0.6 is 0 Å². The summed E-state index contributed by atoms with van der Waals surface area (Å²) in [4.78, 5) is 38.6. The number of rotatable bonds is 2. The number of H-pyrrole nitrogens is 2. The first-order valence-corrected chi connectivity index (χ1v) is 6.70. The van der Waals surface area contributed by atoms with Crippen LogP contribution in [0.3, 0.4) is 0 Å². The summed E-state index contributed by atoms with van der Waals surface area (Å²) in [5.74, 6) is -0.925. The maximum Gasteiger partial charge on any atom is 0.327 e. The Labute approximate surface area is 133 Å². The van der Waals surface area contributed by atoms with Gasteiger partial charge in [0.2, 0.25) is 0 Å². The summed E-state index contributed by atoms with van der Waals surface area (Å²) in [5.41, 5.74) is 4.59. The van der Waals surface area contributed by atoms with Crippen molar-refractivity contribution >= 4 is 11.5 Å². The highest BCUT2D eigenvalue weighted by atomic mass is 16.6. The van der Waals surface area contributed by atoms with Crippen molar-refractivity contribution in [1.29, 1.82) is 5.26 Å². The molecule has 1 atom stereocenters. The van der Waals surface area contributed by atoms with Crippen LogP contribution in [-0.4, -0.2) is 14.9 Å². The molecule has 1 aliphatic heterocycles. The molecule has 1 aromatic carbocycles. The van der Waals surface area contributed by atoms with Gasteiger partial charge in [-0.1, -0.05) is 12.1 Å². The Morgan fingerprint density at radius 1 is 1.29 bits per heavy atom. The van der Waals surface area contributed by atoms with E-state index in [2.05, 4.69) is 15.3 Å². The van der Waals surface area contributed by atoms with E-state index < -0.39 is 22.1 Å². The molecule has 0 aliphatic carbocycles. The van der Waals surface area contributed by atoms with Crippen molar-refractivity contribution in [3.8, 4) is 6.07 Å². The molecule has 5 N–H and O–H groups in total. The van der Waals surface area contributed by atoms with Crippen LogP contribution in [0.2, 0.25) is 0 Å². The van der Waals surface area contributed by atoms with Gasteiger partial charge in [0.25, 0.3) is 11.2 Å². The number of nitrogens with two attached hydrogens (primary N) is 1. The number of nitrogens with one attached hydrogen (secondary N) is 3. The Balaban J connectivity index is 2.32. The molecule has 1 aliphatic rings. The molecule has 0 bridgehead atoms. The van der Waals surface area contributed by atoms with Gasteiger partial charge in [-0.3, -0.25) is 24.9 Å². The van der Waals surface area contributed by atoms with Crippen LogP contribution in [0.1, 0.15) is 17.0 Å². The molecule has 120 valence electrons. The number of nitro groups is 1. The average molecular weight is 326 g/mol. The zero-order valence-electron chi connectivity index (χ0n) is 12.0. The molecule has 0 amide bonds. The van der Waals surface area contributed by atoms with Gasteiger partial charge in [-0.25, -0.2) is 4.79 Å². The number of allylic oxidation sites excluding steroid dienone is 1. The number of fused-ring (bicyclic) bond motifs is 1. The fourth-order valence-corrected chi connectivity index (χ4v) is 2.65. The molecule has 0 saturated carbocycles. The molecule has 0 fully saturated rings. The summed E-state index contributed by atoms with van der Waals surface area (Å²) in [6.07, 6.45) is 0. The number of benzene rings is 1. The van der Waals surface area contributed by atoms with E-state index in [0.29, 0.717) is 5.56 Å². The predicted octanol–water partition coefficient (Wildman–Crippen LogP) is 0.223. The highest BCUT2D eigenvalue weighted by Gasteiger charge is 2.32. The smallest absolute Gasteiger partial charge is 0.327 e. The fraction of sp³-hybridized carbons (Fsp3) is 0.0714. The van der Waals surface area contributed by atoms with Crippen molar-refractivity contribution in [1.82, 2.24) is 9.97 Å². The van der Waals surface area contributed by atoms with E-state index in [4.69, 9.17) is 5.73 Å². The van der Waals surface area contributed by atoms with Crippen molar-refractivity contribution in [2.75, 3.05) is 5.32 Å². The van der Waals surface area contributed by atoms with Crippen LogP contribution in [-0.2, 0) is 0 Å².